The maximum atomic E-state index is 13.3. The highest BCUT2D eigenvalue weighted by molar-refractivity contribution is 6.30. The van der Waals surface area contributed by atoms with E-state index in [1.54, 1.807) is 15.9 Å². The monoisotopic (exact) mass is 497 g/mol. The largest absolute Gasteiger partial charge is 0.396 e. The Balaban J connectivity index is 1.49. The van der Waals surface area contributed by atoms with Crippen LogP contribution in [0.2, 0.25) is 5.02 Å². The van der Waals surface area contributed by atoms with Crippen LogP contribution >= 0.6 is 11.6 Å². The molecule has 0 aromatic heterocycles. The molecule has 0 spiro atoms. The van der Waals surface area contributed by atoms with E-state index >= 15 is 0 Å². The van der Waals surface area contributed by atoms with Crippen molar-refractivity contribution in [3.8, 4) is 0 Å². The topological polar surface area (TPSA) is 105 Å². The van der Waals surface area contributed by atoms with Gasteiger partial charge in [0.2, 0.25) is 11.8 Å². The van der Waals surface area contributed by atoms with Crippen LogP contribution in [0.3, 0.4) is 0 Å². The fraction of sp³-hybridized carbons (Fsp3) is 0.583. The number of carbonyl (C=O) groups excluding carboxylic acids is 2. The number of aliphatic hydroxyl groups excluding tert-OH is 3. The van der Waals surface area contributed by atoms with Crippen molar-refractivity contribution in [2.45, 2.75) is 32.0 Å². The minimum Gasteiger partial charge on any atom is -0.396 e. The number of halogens is 2. The molecule has 3 atom stereocenters. The Morgan fingerprint density at radius 2 is 2.06 bits per heavy atom. The van der Waals surface area contributed by atoms with Crippen molar-refractivity contribution in [3.63, 3.8) is 0 Å². The van der Waals surface area contributed by atoms with Crippen LogP contribution in [-0.4, -0.2) is 106 Å². The third-order valence-corrected chi connectivity index (χ3v) is 7.05. The minimum absolute atomic E-state index is 0.0226. The SMILES string of the molecule is C[C@]1(CO)CCN(C[C@H](O)CN2CCN(C(=O)/C=C/c3ccc(F)c(Cl)c3)CCC2=O)C[C@@H]1O. The number of rotatable bonds is 7. The highest BCUT2D eigenvalue weighted by Crippen LogP contribution is 2.30. The summed E-state index contributed by atoms with van der Waals surface area (Å²) in [5.74, 6) is -0.918. The standard InChI is InChI=1S/C24H33ClFN3O5/c1-24(16-30)7-9-27(15-21(24)32)13-18(31)14-29-11-10-28(8-6-23(29)34)22(33)5-3-17-2-4-20(26)19(25)12-17/h2-5,12,18,21,30-32H,6-11,13-16H2,1H3/b5-3+/t18-,21-,24+/m0/s1. The maximum Gasteiger partial charge on any atom is 0.246 e. The summed E-state index contributed by atoms with van der Waals surface area (Å²) < 4.78 is 13.3. The zero-order chi connectivity index (χ0) is 24.9. The van der Waals surface area contributed by atoms with Gasteiger partial charge in [-0.3, -0.25) is 14.5 Å². The lowest BCUT2D eigenvalue weighted by Crippen LogP contribution is -2.53. The van der Waals surface area contributed by atoms with Crippen LogP contribution < -0.4 is 0 Å². The van der Waals surface area contributed by atoms with Crippen LogP contribution in [0.5, 0.6) is 0 Å². The third-order valence-electron chi connectivity index (χ3n) is 6.76. The van der Waals surface area contributed by atoms with Gasteiger partial charge in [-0.15, -0.1) is 0 Å². The van der Waals surface area contributed by atoms with E-state index in [4.69, 9.17) is 11.6 Å². The van der Waals surface area contributed by atoms with Crippen LogP contribution in [0.1, 0.15) is 25.3 Å². The lowest BCUT2D eigenvalue weighted by atomic mass is 9.78. The number of likely N-dealkylation sites (tertiary alicyclic amines) is 1. The number of amides is 2. The number of carbonyl (C=O) groups is 2. The molecule has 2 aliphatic rings. The second-order valence-corrected chi connectivity index (χ2v) is 9.82. The molecule has 2 heterocycles. The smallest absolute Gasteiger partial charge is 0.246 e. The van der Waals surface area contributed by atoms with E-state index in [0.29, 0.717) is 44.7 Å². The first-order chi connectivity index (χ1) is 16.1. The van der Waals surface area contributed by atoms with Crippen LogP contribution in [0.25, 0.3) is 6.08 Å². The van der Waals surface area contributed by atoms with E-state index < -0.39 is 23.4 Å². The van der Waals surface area contributed by atoms with Crippen molar-refractivity contribution in [1.29, 1.82) is 0 Å². The van der Waals surface area contributed by atoms with Gasteiger partial charge in [0.25, 0.3) is 0 Å². The Hall–Kier alpha value is -2.04. The molecule has 0 aliphatic carbocycles. The average Bonchev–Trinajstić information content (AvgIpc) is 2.98. The molecule has 1 aromatic rings. The minimum atomic E-state index is -0.792. The Morgan fingerprint density at radius 3 is 2.74 bits per heavy atom. The number of piperidine rings is 1. The fourth-order valence-corrected chi connectivity index (χ4v) is 4.45. The fourth-order valence-electron chi connectivity index (χ4n) is 4.27. The van der Waals surface area contributed by atoms with E-state index in [9.17, 15) is 29.3 Å². The Morgan fingerprint density at radius 1 is 1.29 bits per heavy atom. The molecule has 8 nitrogen and oxygen atoms in total. The van der Waals surface area contributed by atoms with E-state index in [0.717, 1.165) is 0 Å². The van der Waals surface area contributed by atoms with Gasteiger partial charge in [0.15, 0.2) is 0 Å². The molecule has 34 heavy (non-hydrogen) atoms. The van der Waals surface area contributed by atoms with Crippen molar-refractivity contribution >= 4 is 29.5 Å². The zero-order valence-corrected chi connectivity index (χ0v) is 20.1. The second kappa shape index (κ2) is 11.6. The molecule has 2 amide bonds. The molecule has 188 valence electrons. The summed E-state index contributed by atoms with van der Waals surface area (Å²) in [7, 11) is 0. The van der Waals surface area contributed by atoms with Crippen LogP contribution in [-0.2, 0) is 9.59 Å². The Kier molecular flexibility index (Phi) is 9.06. The van der Waals surface area contributed by atoms with Gasteiger partial charge in [-0.1, -0.05) is 24.6 Å². The van der Waals surface area contributed by atoms with Crippen LogP contribution in [0.4, 0.5) is 4.39 Å². The van der Waals surface area contributed by atoms with Gasteiger partial charge < -0.3 is 25.1 Å². The Bertz CT molecular complexity index is 917. The highest BCUT2D eigenvalue weighted by Gasteiger charge is 2.38. The van der Waals surface area contributed by atoms with Crippen molar-refractivity contribution in [1.82, 2.24) is 14.7 Å². The number of aliphatic hydroxyl groups is 3. The van der Waals surface area contributed by atoms with Gasteiger partial charge in [0.05, 0.1) is 23.8 Å². The quantitative estimate of drug-likeness (QED) is 0.485. The molecule has 10 heteroatoms. The molecule has 3 rings (SSSR count). The van der Waals surface area contributed by atoms with Crippen LogP contribution in [0, 0.1) is 11.2 Å². The van der Waals surface area contributed by atoms with Gasteiger partial charge >= 0.3 is 0 Å². The molecule has 2 saturated heterocycles. The summed E-state index contributed by atoms with van der Waals surface area (Å²) in [5, 5.41) is 30.4. The highest BCUT2D eigenvalue weighted by atomic mass is 35.5. The van der Waals surface area contributed by atoms with Gasteiger partial charge in [0.1, 0.15) is 5.82 Å². The average molecular weight is 498 g/mol. The molecule has 3 N–H and O–H groups in total. The number of β-amino-alcohol motifs (C(OH)–C–C–N with tert-alkyl or cyclic N) is 2. The van der Waals surface area contributed by atoms with E-state index in [2.05, 4.69) is 0 Å². The molecule has 2 fully saturated rings. The number of hydrogen-bond acceptors (Lipinski definition) is 6. The van der Waals surface area contributed by atoms with Crippen molar-refractivity contribution in [2.24, 2.45) is 5.41 Å². The van der Waals surface area contributed by atoms with Gasteiger partial charge in [-0.2, -0.15) is 0 Å². The first-order valence-corrected chi connectivity index (χ1v) is 11.9. The molecule has 0 radical (unpaired) electrons. The molecular formula is C24H33ClFN3O5. The second-order valence-electron chi connectivity index (χ2n) is 9.41. The number of nitrogens with zero attached hydrogens (tertiary/aromatic N) is 3. The molecule has 0 saturated carbocycles. The van der Waals surface area contributed by atoms with E-state index in [-0.39, 0.29) is 43.0 Å². The van der Waals surface area contributed by atoms with Gasteiger partial charge in [-0.05, 0) is 36.7 Å². The lowest BCUT2D eigenvalue weighted by molar-refractivity contribution is -0.132. The predicted octanol–water partition coefficient (Wildman–Crippen LogP) is 0.979. The summed E-state index contributed by atoms with van der Waals surface area (Å²) >= 11 is 5.77. The number of hydrogen-bond donors (Lipinski definition) is 3. The maximum absolute atomic E-state index is 13.3. The van der Waals surface area contributed by atoms with Crippen molar-refractivity contribution in [2.75, 3.05) is 52.4 Å². The molecule has 0 unspecified atom stereocenters. The third kappa shape index (κ3) is 6.76. The first-order valence-electron chi connectivity index (χ1n) is 11.5. The molecular weight excluding hydrogens is 465 g/mol. The normalized spacial score (nSPS) is 25.6. The molecule has 2 aliphatic heterocycles. The lowest BCUT2D eigenvalue weighted by Gasteiger charge is -2.43. The molecule has 0 bridgehead atoms. The zero-order valence-electron chi connectivity index (χ0n) is 19.4. The van der Waals surface area contributed by atoms with Gasteiger partial charge in [0, 0.05) is 57.2 Å². The van der Waals surface area contributed by atoms with Crippen LogP contribution in [0.15, 0.2) is 24.3 Å². The van der Waals surface area contributed by atoms with E-state index in [1.807, 2.05) is 11.8 Å². The van der Waals surface area contributed by atoms with Crippen molar-refractivity contribution in [3.05, 3.63) is 40.7 Å². The molecule has 1 aromatic carbocycles. The summed E-state index contributed by atoms with van der Waals surface area (Å²) in [4.78, 5) is 30.2. The summed E-state index contributed by atoms with van der Waals surface area (Å²) in [5.41, 5.74) is 0.0628. The Labute approximate surface area is 204 Å². The summed E-state index contributed by atoms with van der Waals surface area (Å²) in [6.07, 6.45) is 2.23. The van der Waals surface area contributed by atoms with Gasteiger partial charge in [-0.25, -0.2) is 4.39 Å². The van der Waals surface area contributed by atoms with Crippen molar-refractivity contribution < 1.29 is 29.3 Å². The summed E-state index contributed by atoms with van der Waals surface area (Å²) in [6, 6.07) is 4.18. The predicted molar refractivity (Wildman–Crippen MR) is 126 cm³/mol. The first kappa shape index (κ1) is 26.6. The van der Waals surface area contributed by atoms with E-state index in [1.165, 1.54) is 24.3 Å². The summed E-state index contributed by atoms with van der Waals surface area (Å²) in [6.45, 7) is 4.14. The number of benzene rings is 1.